The van der Waals surface area contributed by atoms with Gasteiger partial charge in [-0.1, -0.05) is 0 Å². The second kappa shape index (κ2) is 7.33. The number of ether oxygens (including phenoxy) is 2. The molecule has 0 radical (unpaired) electrons. The van der Waals surface area contributed by atoms with E-state index in [0.29, 0.717) is 5.41 Å². The molecule has 4 nitrogen and oxygen atoms in total. The van der Waals surface area contributed by atoms with Gasteiger partial charge in [-0.25, -0.2) is 4.98 Å². The Morgan fingerprint density at radius 1 is 1.47 bits per heavy atom. The first kappa shape index (κ1) is 14.9. The SMILES string of the molecule is COCCNCC1(Cc2csc(C)n2)CCOCC1. The summed E-state index contributed by atoms with van der Waals surface area (Å²) in [7, 11) is 1.74. The summed E-state index contributed by atoms with van der Waals surface area (Å²) in [4.78, 5) is 4.62. The molecule has 1 aromatic rings. The van der Waals surface area contributed by atoms with E-state index >= 15 is 0 Å². The Bertz CT molecular complexity index is 375. The second-order valence-corrected chi connectivity index (χ2v) is 6.38. The lowest BCUT2D eigenvalue weighted by atomic mass is 9.76. The standard InChI is InChI=1S/C14H24N2O2S/c1-12-16-13(10-19-12)9-14(3-6-18-7-4-14)11-15-5-8-17-2/h10,15H,3-9,11H2,1-2H3. The molecule has 1 aliphatic rings. The van der Waals surface area contributed by atoms with Crippen LogP contribution in [0.15, 0.2) is 5.38 Å². The van der Waals surface area contributed by atoms with Gasteiger partial charge in [0.1, 0.15) is 0 Å². The van der Waals surface area contributed by atoms with Crippen LogP contribution < -0.4 is 5.32 Å². The number of aryl methyl sites for hydroxylation is 1. The van der Waals surface area contributed by atoms with Gasteiger partial charge in [-0.15, -0.1) is 11.3 Å². The van der Waals surface area contributed by atoms with Crippen molar-refractivity contribution < 1.29 is 9.47 Å². The molecular weight excluding hydrogens is 260 g/mol. The van der Waals surface area contributed by atoms with Gasteiger partial charge in [0.15, 0.2) is 0 Å². The fraction of sp³-hybridized carbons (Fsp3) is 0.786. The van der Waals surface area contributed by atoms with E-state index in [1.807, 2.05) is 0 Å². The van der Waals surface area contributed by atoms with E-state index in [4.69, 9.17) is 9.47 Å². The number of hydrogen-bond donors (Lipinski definition) is 1. The van der Waals surface area contributed by atoms with E-state index < -0.39 is 0 Å². The van der Waals surface area contributed by atoms with Crippen LogP contribution in [-0.4, -0.2) is 45.0 Å². The summed E-state index contributed by atoms with van der Waals surface area (Å²) < 4.78 is 10.6. The van der Waals surface area contributed by atoms with Crippen molar-refractivity contribution in [3.8, 4) is 0 Å². The number of methoxy groups -OCH3 is 1. The monoisotopic (exact) mass is 284 g/mol. The molecule has 1 saturated heterocycles. The summed E-state index contributed by atoms with van der Waals surface area (Å²) in [5.41, 5.74) is 1.53. The molecule has 1 N–H and O–H groups in total. The summed E-state index contributed by atoms with van der Waals surface area (Å²) >= 11 is 1.74. The van der Waals surface area contributed by atoms with Gasteiger partial charge in [0.05, 0.1) is 17.3 Å². The lowest BCUT2D eigenvalue weighted by Gasteiger charge is -2.37. The summed E-state index contributed by atoms with van der Waals surface area (Å²) in [6, 6.07) is 0. The van der Waals surface area contributed by atoms with Gasteiger partial charge in [-0.3, -0.25) is 0 Å². The van der Waals surface area contributed by atoms with E-state index in [-0.39, 0.29) is 0 Å². The van der Waals surface area contributed by atoms with Crippen LogP contribution in [0.5, 0.6) is 0 Å². The van der Waals surface area contributed by atoms with Crippen LogP contribution in [0.1, 0.15) is 23.5 Å². The van der Waals surface area contributed by atoms with Crippen LogP contribution in [0.3, 0.4) is 0 Å². The van der Waals surface area contributed by atoms with Crippen molar-refractivity contribution in [1.82, 2.24) is 10.3 Å². The Morgan fingerprint density at radius 2 is 2.26 bits per heavy atom. The average Bonchev–Trinajstić information content (AvgIpc) is 2.81. The highest BCUT2D eigenvalue weighted by molar-refractivity contribution is 7.09. The van der Waals surface area contributed by atoms with Crippen LogP contribution in [0, 0.1) is 12.3 Å². The zero-order chi connectivity index (χ0) is 13.6. The predicted octanol–water partition coefficient (Wildman–Crippen LogP) is 2.03. The summed E-state index contributed by atoms with van der Waals surface area (Å²) in [5, 5.41) is 6.87. The molecule has 0 bridgehead atoms. The van der Waals surface area contributed by atoms with Crippen molar-refractivity contribution in [3.63, 3.8) is 0 Å². The van der Waals surface area contributed by atoms with Crippen molar-refractivity contribution in [1.29, 1.82) is 0 Å². The molecule has 2 heterocycles. The van der Waals surface area contributed by atoms with Gasteiger partial charge in [0, 0.05) is 38.8 Å². The third kappa shape index (κ3) is 4.53. The fourth-order valence-corrected chi connectivity index (χ4v) is 3.23. The van der Waals surface area contributed by atoms with Gasteiger partial charge in [-0.2, -0.15) is 0 Å². The Kier molecular flexibility index (Phi) is 5.76. The van der Waals surface area contributed by atoms with Gasteiger partial charge in [0.25, 0.3) is 0 Å². The average molecular weight is 284 g/mol. The maximum Gasteiger partial charge on any atom is 0.0897 e. The third-order valence-corrected chi connectivity index (χ3v) is 4.58. The largest absolute Gasteiger partial charge is 0.383 e. The Balaban J connectivity index is 1.93. The minimum absolute atomic E-state index is 0.298. The van der Waals surface area contributed by atoms with Crippen molar-refractivity contribution in [2.24, 2.45) is 5.41 Å². The minimum atomic E-state index is 0.298. The van der Waals surface area contributed by atoms with Crippen molar-refractivity contribution in [2.75, 3.05) is 40.0 Å². The second-order valence-electron chi connectivity index (χ2n) is 5.32. The van der Waals surface area contributed by atoms with Crippen LogP contribution in [-0.2, 0) is 15.9 Å². The molecule has 0 aromatic carbocycles. The van der Waals surface area contributed by atoms with Gasteiger partial charge < -0.3 is 14.8 Å². The molecular formula is C14H24N2O2S. The molecule has 19 heavy (non-hydrogen) atoms. The maximum absolute atomic E-state index is 5.52. The highest BCUT2D eigenvalue weighted by atomic mass is 32.1. The number of hydrogen-bond acceptors (Lipinski definition) is 5. The maximum atomic E-state index is 5.52. The highest BCUT2D eigenvalue weighted by Gasteiger charge is 2.33. The van der Waals surface area contributed by atoms with E-state index in [9.17, 15) is 0 Å². The quantitative estimate of drug-likeness (QED) is 0.778. The number of thiazole rings is 1. The molecule has 1 aromatic heterocycles. The molecule has 0 spiro atoms. The smallest absolute Gasteiger partial charge is 0.0897 e. The number of nitrogens with zero attached hydrogens (tertiary/aromatic N) is 1. The topological polar surface area (TPSA) is 43.4 Å². The molecule has 0 atom stereocenters. The highest BCUT2D eigenvalue weighted by Crippen LogP contribution is 2.34. The Labute approximate surface area is 119 Å². The summed E-state index contributed by atoms with van der Waals surface area (Å²) in [6.07, 6.45) is 3.29. The van der Waals surface area contributed by atoms with Gasteiger partial charge in [-0.05, 0) is 31.6 Å². The summed E-state index contributed by atoms with van der Waals surface area (Å²) in [5.74, 6) is 0. The Hall–Kier alpha value is -0.490. The first-order valence-corrected chi connectivity index (χ1v) is 7.80. The van der Waals surface area contributed by atoms with Gasteiger partial charge in [0.2, 0.25) is 0 Å². The molecule has 108 valence electrons. The third-order valence-electron chi connectivity index (χ3n) is 3.76. The molecule has 0 aliphatic carbocycles. The van der Waals surface area contributed by atoms with Crippen molar-refractivity contribution >= 4 is 11.3 Å². The Morgan fingerprint density at radius 3 is 2.89 bits per heavy atom. The van der Waals surface area contributed by atoms with E-state index in [0.717, 1.165) is 57.2 Å². The summed E-state index contributed by atoms with van der Waals surface area (Å²) in [6.45, 7) is 6.51. The van der Waals surface area contributed by atoms with Crippen LogP contribution in [0.2, 0.25) is 0 Å². The number of aromatic nitrogens is 1. The van der Waals surface area contributed by atoms with Crippen molar-refractivity contribution in [3.05, 3.63) is 16.1 Å². The molecule has 2 rings (SSSR count). The first-order chi connectivity index (χ1) is 9.24. The zero-order valence-corrected chi connectivity index (χ0v) is 12.7. The van der Waals surface area contributed by atoms with Crippen LogP contribution in [0.4, 0.5) is 0 Å². The molecule has 0 saturated carbocycles. The van der Waals surface area contributed by atoms with Gasteiger partial charge >= 0.3 is 0 Å². The van der Waals surface area contributed by atoms with Crippen LogP contribution in [0.25, 0.3) is 0 Å². The lowest BCUT2D eigenvalue weighted by Crippen LogP contribution is -2.41. The normalized spacial score (nSPS) is 18.6. The molecule has 1 aliphatic heterocycles. The lowest BCUT2D eigenvalue weighted by molar-refractivity contribution is 0.0139. The number of rotatable bonds is 7. The van der Waals surface area contributed by atoms with Crippen molar-refractivity contribution in [2.45, 2.75) is 26.2 Å². The van der Waals surface area contributed by atoms with E-state index in [2.05, 4.69) is 22.6 Å². The molecule has 5 heteroatoms. The predicted molar refractivity (Wildman–Crippen MR) is 77.8 cm³/mol. The molecule has 0 amide bonds. The molecule has 1 fully saturated rings. The first-order valence-electron chi connectivity index (χ1n) is 6.92. The van der Waals surface area contributed by atoms with E-state index in [1.54, 1.807) is 18.4 Å². The number of nitrogens with one attached hydrogen (secondary N) is 1. The zero-order valence-electron chi connectivity index (χ0n) is 11.9. The van der Waals surface area contributed by atoms with Crippen LogP contribution >= 0.6 is 11.3 Å². The fourth-order valence-electron chi connectivity index (χ4n) is 2.62. The molecule has 0 unspecified atom stereocenters. The minimum Gasteiger partial charge on any atom is -0.383 e. The van der Waals surface area contributed by atoms with E-state index in [1.165, 1.54) is 5.69 Å².